The fraction of sp³-hybridized carbons (Fsp3) is 0.611. The van der Waals surface area contributed by atoms with Crippen LogP contribution in [0, 0.1) is 0 Å². The fourth-order valence-corrected chi connectivity index (χ4v) is 2.59. The second-order valence-electron chi connectivity index (χ2n) is 5.79. The third-order valence-electron chi connectivity index (χ3n) is 3.79. The van der Waals surface area contributed by atoms with Crippen molar-refractivity contribution < 1.29 is 14.2 Å². The average Bonchev–Trinajstić information content (AvgIpc) is 3.14. The topological polar surface area (TPSA) is 64.1 Å². The predicted octanol–water partition coefficient (Wildman–Crippen LogP) is 3.09. The van der Waals surface area contributed by atoms with Gasteiger partial charge in [-0.05, 0) is 43.5 Å². The predicted molar refractivity (Wildman–Crippen MR) is 116 cm³/mol. The number of benzene rings is 1. The Kier molecular flexibility index (Phi) is 12.8. The van der Waals surface area contributed by atoms with E-state index in [-0.39, 0.29) is 24.0 Å². The Labute approximate surface area is 178 Å². The Morgan fingerprint density at radius 3 is 2.69 bits per heavy atom. The van der Waals surface area contributed by atoms with Gasteiger partial charge in [0.25, 0.3) is 0 Å². The molecule has 2 rings (SSSR count). The largest absolute Gasteiger partial charge is 0.492 e. The Morgan fingerprint density at radius 2 is 2.00 bits per heavy atom. The second kappa shape index (κ2) is 14.3. The fourth-order valence-electron chi connectivity index (χ4n) is 2.46. The van der Waals surface area contributed by atoms with Crippen LogP contribution < -0.4 is 15.4 Å². The molecule has 8 heteroatoms. The molecule has 6 nitrogen and oxygen atoms in total. The van der Waals surface area contributed by atoms with Crippen LogP contribution in [0.25, 0.3) is 0 Å². The van der Waals surface area contributed by atoms with E-state index in [4.69, 9.17) is 25.8 Å². The summed E-state index contributed by atoms with van der Waals surface area (Å²) in [6.45, 7) is 4.33. The molecule has 2 N–H and O–H groups in total. The molecule has 1 fully saturated rings. The minimum absolute atomic E-state index is 0. The van der Waals surface area contributed by atoms with E-state index < -0.39 is 0 Å². The summed E-state index contributed by atoms with van der Waals surface area (Å²) in [5.74, 6) is 1.57. The van der Waals surface area contributed by atoms with Crippen molar-refractivity contribution >= 4 is 41.5 Å². The smallest absolute Gasteiger partial charge is 0.191 e. The van der Waals surface area contributed by atoms with Crippen molar-refractivity contribution in [1.82, 2.24) is 10.6 Å². The molecule has 1 atom stereocenters. The third kappa shape index (κ3) is 9.80. The lowest BCUT2D eigenvalue weighted by molar-refractivity contribution is 0.0168. The lowest BCUT2D eigenvalue weighted by Gasteiger charge is -2.13. The molecule has 148 valence electrons. The van der Waals surface area contributed by atoms with Gasteiger partial charge >= 0.3 is 0 Å². The first kappa shape index (κ1) is 23.3. The molecular formula is C18H29ClIN3O3. The van der Waals surface area contributed by atoms with E-state index in [0.717, 1.165) is 50.7 Å². The van der Waals surface area contributed by atoms with Crippen LogP contribution in [-0.4, -0.2) is 58.6 Å². The summed E-state index contributed by atoms with van der Waals surface area (Å²) < 4.78 is 16.8. The van der Waals surface area contributed by atoms with Gasteiger partial charge in [0.2, 0.25) is 0 Å². The molecule has 26 heavy (non-hydrogen) atoms. The molecule has 1 aromatic carbocycles. The molecule has 1 aliphatic heterocycles. The number of rotatable bonds is 10. The standard InChI is InChI=1S/C18H28ClN3O3.HI/c1-20-18(21-9-3-11-23-14-17-4-2-12-24-17)22-10-13-25-16-7-5-15(19)6-8-16;/h5-8,17H,2-4,9-14H2,1H3,(H2,20,21,22);1H. The first-order valence-corrected chi connectivity index (χ1v) is 9.18. The van der Waals surface area contributed by atoms with Crippen LogP contribution in [0.3, 0.4) is 0 Å². The summed E-state index contributed by atoms with van der Waals surface area (Å²) in [4.78, 5) is 4.19. The maximum absolute atomic E-state index is 5.84. The van der Waals surface area contributed by atoms with Crippen molar-refractivity contribution in [2.24, 2.45) is 4.99 Å². The zero-order valence-electron chi connectivity index (χ0n) is 15.2. The number of aliphatic imine (C=N–C) groups is 1. The maximum atomic E-state index is 5.84. The highest BCUT2D eigenvalue weighted by Crippen LogP contribution is 2.15. The van der Waals surface area contributed by atoms with Gasteiger partial charge in [-0.2, -0.15) is 0 Å². The van der Waals surface area contributed by atoms with Gasteiger partial charge < -0.3 is 24.8 Å². The van der Waals surface area contributed by atoms with Crippen molar-refractivity contribution in [3.05, 3.63) is 29.3 Å². The SMILES string of the molecule is CN=C(NCCCOCC1CCCO1)NCCOc1ccc(Cl)cc1.I. The maximum Gasteiger partial charge on any atom is 0.191 e. The van der Waals surface area contributed by atoms with Gasteiger partial charge in [-0.25, -0.2) is 0 Å². The zero-order chi connectivity index (χ0) is 17.7. The Bertz CT molecular complexity index is 511. The number of hydrogen-bond donors (Lipinski definition) is 2. The van der Waals surface area contributed by atoms with Gasteiger partial charge in [0.05, 0.1) is 19.3 Å². The van der Waals surface area contributed by atoms with Crippen LogP contribution in [0.2, 0.25) is 5.02 Å². The van der Waals surface area contributed by atoms with Crippen LogP contribution in [-0.2, 0) is 9.47 Å². The molecule has 1 aliphatic rings. The highest BCUT2D eigenvalue weighted by Gasteiger charge is 2.14. The molecule has 0 saturated carbocycles. The molecule has 1 saturated heterocycles. The van der Waals surface area contributed by atoms with Gasteiger partial charge in [-0.1, -0.05) is 11.6 Å². The van der Waals surface area contributed by atoms with Crippen LogP contribution in [0.15, 0.2) is 29.3 Å². The molecule has 1 aromatic rings. The Hall–Kier alpha value is -0.770. The molecular weight excluding hydrogens is 469 g/mol. The van der Waals surface area contributed by atoms with E-state index >= 15 is 0 Å². The molecule has 0 bridgehead atoms. The van der Waals surface area contributed by atoms with Crippen molar-refractivity contribution in [1.29, 1.82) is 0 Å². The van der Waals surface area contributed by atoms with E-state index in [0.29, 0.717) is 30.9 Å². The number of nitrogens with zero attached hydrogens (tertiary/aromatic N) is 1. The molecule has 0 spiro atoms. The third-order valence-corrected chi connectivity index (χ3v) is 4.04. The summed E-state index contributed by atoms with van der Waals surface area (Å²) in [7, 11) is 1.75. The lowest BCUT2D eigenvalue weighted by atomic mass is 10.2. The number of hydrogen-bond acceptors (Lipinski definition) is 4. The zero-order valence-corrected chi connectivity index (χ0v) is 18.3. The summed E-state index contributed by atoms with van der Waals surface area (Å²) >= 11 is 5.84. The van der Waals surface area contributed by atoms with Gasteiger partial charge in [-0.15, -0.1) is 24.0 Å². The van der Waals surface area contributed by atoms with E-state index in [1.54, 1.807) is 7.05 Å². The van der Waals surface area contributed by atoms with Crippen molar-refractivity contribution in [3.8, 4) is 5.75 Å². The number of halogens is 2. The van der Waals surface area contributed by atoms with E-state index in [9.17, 15) is 0 Å². The summed E-state index contributed by atoms with van der Waals surface area (Å²) in [6.07, 6.45) is 3.49. The number of guanidine groups is 1. The van der Waals surface area contributed by atoms with Crippen molar-refractivity contribution in [2.45, 2.75) is 25.4 Å². The van der Waals surface area contributed by atoms with E-state index in [1.165, 1.54) is 0 Å². The lowest BCUT2D eigenvalue weighted by Crippen LogP contribution is -2.39. The highest BCUT2D eigenvalue weighted by molar-refractivity contribution is 14.0. The Balaban J connectivity index is 0.00000338. The van der Waals surface area contributed by atoms with Gasteiger partial charge in [0.1, 0.15) is 12.4 Å². The average molecular weight is 498 g/mol. The van der Waals surface area contributed by atoms with Crippen molar-refractivity contribution in [2.75, 3.05) is 46.6 Å². The van der Waals surface area contributed by atoms with Crippen LogP contribution in [0.4, 0.5) is 0 Å². The van der Waals surface area contributed by atoms with Crippen LogP contribution >= 0.6 is 35.6 Å². The first-order valence-electron chi connectivity index (χ1n) is 8.80. The van der Waals surface area contributed by atoms with Crippen molar-refractivity contribution in [3.63, 3.8) is 0 Å². The molecule has 1 unspecified atom stereocenters. The summed E-state index contributed by atoms with van der Waals surface area (Å²) in [5, 5.41) is 7.18. The number of nitrogens with one attached hydrogen (secondary N) is 2. The minimum atomic E-state index is 0. The molecule has 0 radical (unpaired) electrons. The summed E-state index contributed by atoms with van der Waals surface area (Å²) in [5.41, 5.74) is 0. The molecule has 1 heterocycles. The highest BCUT2D eigenvalue weighted by atomic mass is 127. The quantitative estimate of drug-likeness (QED) is 0.225. The van der Waals surface area contributed by atoms with E-state index in [2.05, 4.69) is 15.6 Å². The molecule has 0 aromatic heterocycles. The number of ether oxygens (including phenoxy) is 3. The molecule has 0 amide bonds. The monoisotopic (exact) mass is 497 g/mol. The van der Waals surface area contributed by atoms with E-state index in [1.807, 2.05) is 24.3 Å². The first-order chi connectivity index (χ1) is 12.3. The minimum Gasteiger partial charge on any atom is -0.492 e. The van der Waals surface area contributed by atoms with Gasteiger partial charge in [0, 0.05) is 31.8 Å². The van der Waals surface area contributed by atoms with Gasteiger partial charge in [-0.3, -0.25) is 4.99 Å². The van der Waals surface area contributed by atoms with Crippen LogP contribution in [0.1, 0.15) is 19.3 Å². The Morgan fingerprint density at radius 1 is 1.23 bits per heavy atom. The van der Waals surface area contributed by atoms with Gasteiger partial charge in [0.15, 0.2) is 5.96 Å². The molecule has 0 aliphatic carbocycles. The van der Waals surface area contributed by atoms with Crippen LogP contribution in [0.5, 0.6) is 5.75 Å². The summed E-state index contributed by atoms with van der Waals surface area (Å²) in [6, 6.07) is 7.33. The normalized spacial score (nSPS) is 16.8. The second-order valence-corrected chi connectivity index (χ2v) is 6.23.